The van der Waals surface area contributed by atoms with Gasteiger partial charge in [0.05, 0.1) is 48.6 Å². The van der Waals surface area contributed by atoms with Crippen LogP contribution in [0.5, 0.6) is 0 Å². The van der Waals surface area contributed by atoms with Crippen molar-refractivity contribution in [3.8, 4) is 0 Å². The molecule has 3 atom stereocenters. The van der Waals surface area contributed by atoms with Crippen molar-refractivity contribution in [2.75, 3.05) is 55.8 Å². The molecular formula is C29H31Cl2FN5O10. The van der Waals surface area contributed by atoms with Crippen LogP contribution in [0, 0.1) is 22.9 Å². The van der Waals surface area contributed by atoms with Gasteiger partial charge in [0.2, 0.25) is 5.91 Å². The molecule has 2 saturated heterocycles. The lowest BCUT2D eigenvalue weighted by molar-refractivity contribution is -0.384. The van der Waals surface area contributed by atoms with Crippen molar-refractivity contribution >= 4 is 64.3 Å². The van der Waals surface area contributed by atoms with Gasteiger partial charge in [-0.05, 0) is 42.8 Å². The smallest absolute Gasteiger partial charge is 0.416 e. The molecule has 0 aromatic heterocycles. The Morgan fingerprint density at radius 1 is 1.23 bits per heavy atom. The standard InChI is InChI=1S/C29H31Cl2FN5O10/c1-17(33-26(39)25(30)31)29(42,19-3-5-20(6-4-19)37(43)44)16-46-27(40)35(18(2)38)14-22-15-36(28(41)47-22)21-7-8-24(23(32)13-21)34-9-11-45-12-10-34/h3-8,13,17,22,25,42H,1,9-12,14-16H2,2H3,(H,33,39)/t17-,22+,29+/m1/s1. The molecule has 18 heteroatoms. The molecule has 4 amide bonds. The molecule has 2 heterocycles. The van der Waals surface area contributed by atoms with Gasteiger partial charge in [-0.2, -0.15) is 0 Å². The van der Waals surface area contributed by atoms with E-state index in [1.807, 2.05) is 4.90 Å². The Bertz CT molecular complexity index is 1510. The topological polar surface area (TPSA) is 181 Å². The van der Waals surface area contributed by atoms with E-state index in [1.54, 1.807) is 12.1 Å². The van der Waals surface area contributed by atoms with E-state index < -0.39 is 70.5 Å². The van der Waals surface area contributed by atoms with E-state index in [1.165, 1.54) is 18.2 Å². The van der Waals surface area contributed by atoms with Gasteiger partial charge in [-0.15, -0.1) is 0 Å². The van der Waals surface area contributed by atoms with E-state index in [0.29, 0.717) is 36.9 Å². The van der Waals surface area contributed by atoms with Crippen molar-refractivity contribution in [3.05, 3.63) is 70.9 Å². The first-order chi connectivity index (χ1) is 22.2. The number of anilines is 2. The first kappa shape index (κ1) is 35.6. The molecule has 15 nitrogen and oxygen atoms in total. The number of aliphatic hydroxyl groups is 1. The summed E-state index contributed by atoms with van der Waals surface area (Å²) in [6.45, 7) is 5.20. The van der Waals surface area contributed by atoms with Gasteiger partial charge in [-0.25, -0.2) is 18.9 Å². The Morgan fingerprint density at radius 2 is 1.89 bits per heavy atom. The number of nitrogens with zero attached hydrogens (tertiary/aromatic N) is 4. The van der Waals surface area contributed by atoms with Gasteiger partial charge in [-0.3, -0.25) is 24.6 Å². The number of non-ortho nitro benzene ring substituents is 1. The number of morpholine rings is 1. The van der Waals surface area contributed by atoms with Crippen molar-refractivity contribution in [3.63, 3.8) is 0 Å². The van der Waals surface area contributed by atoms with Crippen LogP contribution in [0.2, 0.25) is 0 Å². The van der Waals surface area contributed by atoms with Crippen LogP contribution in [0.4, 0.5) is 31.0 Å². The maximum absolute atomic E-state index is 15.0. The van der Waals surface area contributed by atoms with E-state index in [0.717, 1.165) is 24.0 Å². The third-order valence-corrected chi connectivity index (χ3v) is 7.94. The minimum Gasteiger partial charge on any atom is -0.446 e. The van der Waals surface area contributed by atoms with Crippen LogP contribution in [0.3, 0.4) is 0 Å². The SMILES string of the molecule is [CH2][C@@H](NC(=O)C(Cl)Cl)[C@@](O)(COC(=O)N(C[C@H]1CN(c2ccc(N3CCOCC3)c(F)c2)C(=O)O1)C(C)=O)c1ccc([N+](=O)[O-])cc1. The van der Waals surface area contributed by atoms with E-state index in [-0.39, 0.29) is 23.5 Å². The van der Waals surface area contributed by atoms with Gasteiger partial charge in [0, 0.05) is 32.1 Å². The predicted molar refractivity (Wildman–Crippen MR) is 166 cm³/mol. The Balaban J connectivity index is 1.46. The number of hydrogen-bond donors (Lipinski definition) is 2. The number of ether oxygens (including phenoxy) is 3. The molecule has 4 rings (SSSR count). The second kappa shape index (κ2) is 15.1. The number of nitro benzene ring substituents is 1. The molecule has 2 aromatic rings. The number of nitro groups is 1. The summed E-state index contributed by atoms with van der Waals surface area (Å²) in [7, 11) is 0. The first-order valence-electron chi connectivity index (χ1n) is 14.2. The lowest BCUT2D eigenvalue weighted by Crippen LogP contribution is -2.54. The molecule has 0 bridgehead atoms. The molecular weight excluding hydrogens is 668 g/mol. The lowest BCUT2D eigenvalue weighted by atomic mass is 9.87. The molecule has 0 saturated carbocycles. The fourth-order valence-corrected chi connectivity index (χ4v) is 5.07. The highest BCUT2D eigenvalue weighted by Crippen LogP contribution is 2.30. The van der Waals surface area contributed by atoms with Gasteiger partial charge in [-0.1, -0.05) is 23.2 Å². The fourth-order valence-electron chi connectivity index (χ4n) is 4.95. The van der Waals surface area contributed by atoms with Crippen molar-refractivity contribution in [1.29, 1.82) is 0 Å². The molecule has 1 radical (unpaired) electrons. The summed E-state index contributed by atoms with van der Waals surface area (Å²) in [5, 5.41) is 24.9. The summed E-state index contributed by atoms with van der Waals surface area (Å²) in [6.07, 6.45) is -3.11. The average molecular weight is 699 g/mol. The van der Waals surface area contributed by atoms with Crippen LogP contribution in [-0.2, 0) is 29.4 Å². The number of carbonyl (C=O) groups excluding carboxylic acids is 4. The summed E-state index contributed by atoms with van der Waals surface area (Å²) >= 11 is 11.2. The molecule has 2 aliphatic rings. The zero-order chi connectivity index (χ0) is 34.5. The Labute approximate surface area is 278 Å². The van der Waals surface area contributed by atoms with E-state index >= 15 is 0 Å². The zero-order valence-electron chi connectivity index (χ0n) is 25.0. The van der Waals surface area contributed by atoms with Gasteiger partial charge in [0.1, 0.15) is 24.1 Å². The second-order valence-corrected chi connectivity index (χ2v) is 11.7. The molecule has 0 unspecified atom stereocenters. The van der Waals surface area contributed by atoms with Gasteiger partial charge in [0.25, 0.3) is 11.6 Å². The van der Waals surface area contributed by atoms with Crippen LogP contribution < -0.4 is 15.1 Å². The van der Waals surface area contributed by atoms with Crippen molar-refractivity contribution in [2.24, 2.45) is 0 Å². The number of hydrogen-bond acceptors (Lipinski definition) is 11. The third-order valence-electron chi connectivity index (χ3n) is 7.54. The van der Waals surface area contributed by atoms with Crippen LogP contribution in [0.1, 0.15) is 12.5 Å². The highest BCUT2D eigenvalue weighted by atomic mass is 35.5. The summed E-state index contributed by atoms with van der Waals surface area (Å²) in [5.41, 5.74) is -2.08. The second-order valence-electron chi connectivity index (χ2n) is 10.6. The lowest BCUT2D eigenvalue weighted by Gasteiger charge is -2.35. The van der Waals surface area contributed by atoms with Crippen LogP contribution >= 0.6 is 23.2 Å². The molecule has 2 aromatic carbocycles. The Kier molecular flexibility index (Phi) is 11.4. The Hall–Kier alpha value is -4.25. The number of amides is 4. The zero-order valence-corrected chi connectivity index (χ0v) is 26.5. The van der Waals surface area contributed by atoms with Crippen LogP contribution in [-0.4, -0.2) is 102 Å². The molecule has 2 aliphatic heterocycles. The highest BCUT2D eigenvalue weighted by Gasteiger charge is 2.41. The minimum atomic E-state index is -2.29. The number of imide groups is 1. The number of benzene rings is 2. The maximum atomic E-state index is 15.0. The molecule has 2 fully saturated rings. The quantitative estimate of drug-likeness (QED) is 0.200. The molecule has 253 valence electrons. The number of alkyl halides is 2. The number of nitrogens with one attached hydrogen (secondary N) is 1. The van der Waals surface area contributed by atoms with Crippen molar-refractivity contribution in [2.45, 2.75) is 29.5 Å². The molecule has 47 heavy (non-hydrogen) atoms. The summed E-state index contributed by atoms with van der Waals surface area (Å²) in [4.78, 5) is 62.9. The van der Waals surface area contributed by atoms with Gasteiger partial charge in [0.15, 0.2) is 4.84 Å². The monoisotopic (exact) mass is 698 g/mol. The van der Waals surface area contributed by atoms with Crippen molar-refractivity contribution in [1.82, 2.24) is 10.2 Å². The average Bonchev–Trinajstić information content (AvgIpc) is 3.42. The third kappa shape index (κ3) is 8.38. The van der Waals surface area contributed by atoms with Gasteiger partial charge < -0.3 is 29.5 Å². The van der Waals surface area contributed by atoms with Crippen molar-refractivity contribution < 1.29 is 47.8 Å². The molecule has 2 N–H and O–H groups in total. The van der Waals surface area contributed by atoms with Crippen LogP contribution in [0.15, 0.2) is 42.5 Å². The first-order valence-corrected chi connectivity index (χ1v) is 15.0. The largest absolute Gasteiger partial charge is 0.446 e. The summed E-state index contributed by atoms with van der Waals surface area (Å²) in [6, 6.07) is 7.31. The van der Waals surface area contributed by atoms with Crippen LogP contribution in [0.25, 0.3) is 0 Å². The van der Waals surface area contributed by atoms with E-state index in [4.69, 9.17) is 37.4 Å². The number of carbonyl (C=O) groups is 4. The van der Waals surface area contributed by atoms with E-state index in [9.17, 15) is 38.8 Å². The number of cyclic esters (lactones) is 1. The summed E-state index contributed by atoms with van der Waals surface area (Å²) < 4.78 is 30.9. The Morgan fingerprint density at radius 3 is 2.47 bits per heavy atom. The molecule has 0 spiro atoms. The summed E-state index contributed by atoms with van der Waals surface area (Å²) in [5.74, 6) is -2.29. The minimum absolute atomic E-state index is 0.0431. The number of rotatable bonds is 11. The fraction of sp³-hybridized carbons (Fsp3) is 0.414. The predicted octanol–water partition coefficient (Wildman–Crippen LogP) is 2.89. The maximum Gasteiger partial charge on any atom is 0.416 e. The number of halogens is 3. The normalized spacial score (nSPS) is 18.3. The van der Waals surface area contributed by atoms with Gasteiger partial charge >= 0.3 is 12.2 Å². The molecule has 0 aliphatic carbocycles. The van der Waals surface area contributed by atoms with E-state index in [2.05, 4.69) is 12.2 Å². The highest BCUT2D eigenvalue weighted by molar-refractivity contribution is 6.53.